The number of hydrogen-bond acceptors (Lipinski definition) is 1. The zero-order valence-corrected chi connectivity index (χ0v) is 8.25. The Hall–Kier alpha value is -1.24. The second-order valence-electron chi connectivity index (χ2n) is 3.58. The first-order chi connectivity index (χ1) is 6.09. The Morgan fingerprint density at radius 3 is 2.38 bits per heavy atom. The Balaban J connectivity index is 2.64. The molecule has 0 fully saturated rings. The molecule has 0 aliphatic heterocycles. The zero-order chi connectivity index (χ0) is 9.84. The number of aliphatic hydroxyl groups is 1. The van der Waals surface area contributed by atoms with Crippen LogP contribution < -0.4 is 0 Å². The highest BCUT2D eigenvalue weighted by Crippen LogP contribution is 2.13. The molecule has 0 spiro atoms. The van der Waals surface area contributed by atoms with E-state index in [0.29, 0.717) is 0 Å². The lowest BCUT2D eigenvalue weighted by molar-refractivity contribution is 0.342. The fraction of sp³-hybridized carbons (Fsp3) is 0.333. The first-order valence-corrected chi connectivity index (χ1v) is 4.53. The van der Waals surface area contributed by atoms with Gasteiger partial charge < -0.3 is 5.11 Å². The lowest BCUT2D eigenvalue weighted by atomic mass is 9.99. The van der Waals surface area contributed by atoms with Crippen molar-refractivity contribution >= 4 is 0 Å². The van der Waals surface area contributed by atoms with Crippen LogP contribution in [0.5, 0.6) is 0 Å². The van der Waals surface area contributed by atoms with Crippen LogP contribution in [-0.4, -0.2) is 5.11 Å². The molecule has 0 radical (unpaired) electrons. The molecule has 13 heavy (non-hydrogen) atoms. The Morgan fingerprint density at radius 1 is 1.38 bits per heavy atom. The molecular weight excluding hydrogens is 160 g/mol. The van der Waals surface area contributed by atoms with Gasteiger partial charge >= 0.3 is 0 Å². The van der Waals surface area contributed by atoms with Crippen molar-refractivity contribution in [3.05, 3.63) is 47.7 Å². The molecule has 0 saturated heterocycles. The highest BCUT2D eigenvalue weighted by atomic mass is 16.3. The van der Waals surface area contributed by atoms with E-state index in [0.717, 1.165) is 6.42 Å². The van der Waals surface area contributed by atoms with Crippen molar-refractivity contribution in [2.75, 3.05) is 0 Å². The van der Waals surface area contributed by atoms with E-state index in [2.05, 4.69) is 37.8 Å². The predicted octanol–water partition coefficient (Wildman–Crippen LogP) is 3.25. The second kappa shape index (κ2) is 4.13. The van der Waals surface area contributed by atoms with E-state index in [1.807, 2.05) is 6.92 Å². The molecule has 1 aromatic rings. The van der Waals surface area contributed by atoms with Gasteiger partial charge in [-0.05, 0) is 18.9 Å². The van der Waals surface area contributed by atoms with Crippen molar-refractivity contribution < 1.29 is 5.11 Å². The number of aryl methyl sites for hydroxylation is 1. The summed E-state index contributed by atoms with van der Waals surface area (Å²) >= 11 is 0. The predicted molar refractivity (Wildman–Crippen MR) is 55.8 cm³/mol. The summed E-state index contributed by atoms with van der Waals surface area (Å²) in [7, 11) is 0. The molecule has 0 aromatic heterocycles. The van der Waals surface area contributed by atoms with Crippen molar-refractivity contribution in [2.45, 2.75) is 20.3 Å². The molecule has 0 heterocycles. The topological polar surface area (TPSA) is 20.2 Å². The van der Waals surface area contributed by atoms with Crippen molar-refractivity contribution in [1.82, 2.24) is 0 Å². The van der Waals surface area contributed by atoms with Crippen LogP contribution >= 0.6 is 0 Å². The molecule has 1 rings (SSSR count). The first-order valence-electron chi connectivity index (χ1n) is 4.53. The Kier molecular flexibility index (Phi) is 3.13. The fourth-order valence-electron chi connectivity index (χ4n) is 1.20. The van der Waals surface area contributed by atoms with Crippen LogP contribution in [0.15, 0.2) is 36.6 Å². The molecule has 0 saturated carbocycles. The molecule has 0 aliphatic rings. The highest BCUT2D eigenvalue weighted by molar-refractivity contribution is 5.22. The van der Waals surface area contributed by atoms with Crippen molar-refractivity contribution in [3.63, 3.8) is 0 Å². The molecule has 1 unspecified atom stereocenters. The largest absolute Gasteiger partial charge is 0.513 e. The second-order valence-corrected chi connectivity index (χ2v) is 3.58. The standard InChI is InChI=1S/C12H16O/c1-9-4-6-12(7-5-9)8-10(2)11(3)13/h4-7,10,13H,3,8H2,1-2H3. The number of allylic oxidation sites excluding steroid dienone is 1. The van der Waals surface area contributed by atoms with Gasteiger partial charge in [-0.15, -0.1) is 0 Å². The van der Waals surface area contributed by atoms with Gasteiger partial charge in [0.1, 0.15) is 0 Å². The van der Waals surface area contributed by atoms with E-state index in [1.165, 1.54) is 11.1 Å². The van der Waals surface area contributed by atoms with Gasteiger partial charge in [0.05, 0.1) is 5.76 Å². The number of hydrogen-bond donors (Lipinski definition) is 1. The van der Waals surface area contributed by atoms with Crippen LogP contribution in [0, 0.1) is 12.8 Å². The van der Waals surface area contributed by atoms with Gasteiger partial charge in [-0.1, -0.05) is 43.3 Å². The molecule has 0 bridgehead atoms. The van der Waals surface area contributed by atoms with E-state index >= 15 is 0 Å². The maximum Gasteiger partial charge on any atom is 0.0882 e. The Morgan fingerprint density at radius 2 is 1.92 bits per heavy atom. The van der Waals surface area contributed by atoms with E-state index in [4.69, 9.17) is 5.11 Å². The van der Waals surface area contributed by atoms with Gasteiger partial charge in [0.15, 0.2) is 0 Å². The van der Waals surface area contributed by atoms with Gasteiger partial charge in [0, 0.05) is 5.92 Å². The van der Waals surface area contributed by atoms with E-state index in [9.17, 15) is 0 Å². The molecule has 1 nitrogen and oxygen atoms in total. The molecular formula is C12H16O. The van der Waals surface area contributed by atoms with Gasteiger partial charge in [-0.2, -0.15) is 0 Å². The summed E-state index contributed by atoms with van der Waals surface area (Å²) in [6, 6.07) is 8.36. The summed E-state index contributed by atoms with van der Waals surface area (Å²) in [5.74, 6) is 0.406. The van der Waals surface area contributed by atoms with E-state index in [-0.39, 0.29) is 11.7 Å². The SMILES string of the molecule is C=C(O)C(C)Cc1ccc(C)cc1. The maximum atomic E-state index is 9.14. The average molecular weight is 176 g/mol. The summed E-state index contributed by atoms with van der Waals surface area (Å²) in [6.45, 7) is 7.57. The van der Waals surface area contributed by atoms with Crippen LogP contribution in [-0.2, 0) is 6.42 Å². The Bertz CT molecular complexity index is 284. The highest BCUT2D eigenvalue weighted by Gasteiger charge is 2.05. The van der Waals surface area contributed by atoms with Gasteiger partial charge in [0.2, 0.25) is 0 Å². The quantitative estimate of drug-likeness (QED) is 0.701. The first kappa shape index (κ1) is 9.85. The van der Waals surface area contributed by atoms with Gasteiger partial charge in [-0.3, -0.25) is 0 Å². The van der Waals surface area contributed by atoms with Crippen molar-refractivity contribution in [3.8, 4) is 0 Å². The van der Waals surface area contributed by atoms with Crippen LogP contribution in [0.1, 0.15) is 18.1 Å². The molecule has 0 aliphatic carbocycles. The third kappa shape index (κ3) is 2.94. The maximum absolute atomic E-state index is 9.14. The fourth-order valence-corrected chi connectivity index (χ4v) is 1.20. The zero-order valence-electron chi connectivity index (χ0n) is 8.25. The summed E-state index contributed by atoms with van der Waals surface area (Å²) < 4.78 is 0. The van der Waals surface area contributed by atoms with Crippen LogP contribution in [0.2, 0.25) is 0 Å². The molecule has 70 valence electrons. The summed E-state index contributed by atoms with van der Waals surface area (Å²) in [4.78, 5) is 0. The monoisotopic (exact) mass is 176 g/mol. The van der Waals surface area contributed by atoms with Crippen LogP contribution in [0.4, 0.5) is 0 Å². The minimum absolute atomic E-state index is 0.141. The molecule has 0 amide bonds. The van der Waals surface area contributed by atoms with Crippen LogP contribution in [0.25, 0.3) is 0 Å². The average Bonchev–Trinajstić information content (AvgIpc) is 2.08. The number of benzene rings is 1. The smallest absolute Gasteiger partial charge is 0.0882 e. The summed E-state index contributed by atoms with van der Waals surface area (Å²) in [5.41, 5.74) is 2.51. The van der Waals surface area contributed by atoms with E-state index < -0.39 is 0 Å². The Labute approximate surface area is 79.7 Å². The van der Waals surface area contributed by atoms with Gasteiger partial charge in [0.25, 0.3) is 0 Å². The lowest BCUT2D eigenvalue weighted by Gasteiger charge is -2.09. The third-order valence-electron chi connectivity index (χ3n) is 2.23. The summed E-state index contributed by atoms with van der Waals surface area (Å²) in [6.07, 6.45) is 0.857. The molecule has 1 N–H and O–H groups in total. The minimum atomic E-state index is 0.141. The lowest BCUT2D eigenvalue weighted by Crippen LogP contribution is -2.01. The molecule has 1 heteroatoms. The van der Waals surface area contributed by atoms with Gasteiger partial charge in [-0.25, -0.2) is 0 Å². The number of aliphatic hydroxyl groups excluding tert-OH is 1. The third-order valence-corrected chi connectivity index (χ3v) is 2.23. The van der Waals surface area contributed by atoms with Crippen molar-refractivity contribution in [2.24, 2.45) is 5.92 Å². The molecule has 1 atom stereocenters. The van der Waals surface area contributed by atoms with Crippen LogP contribution in [0.3, 0.4) is 0 Å². The van der Waals surface area contributed by atoms with E-state index in [1.54, 1.807) is 0 Å². The normalized spacial score (nSPS) is 12.5. The number of rotatable bonds is 3. The minimum Gasteiger partial charge on any atom is -0.513 e. The molecule has 1 aromatic carbocycles. The van der Waals surface area contributed by atoms with Crippen molar-refractivity contribution in [1.29, 1.82) is 0 Å². The summed E-state index contributed by atoms with van der Waals surface area (Å²) in [5, 5.41) is 9.14.